The van der Waals surface area contributed by atoms with E-state index in [9.17, 15) is 13.2 Å². The van der Waals surface area contributed by atoms with Gasteiger partial charge in [0.05, 0.1) is 26.9 Å². The lowest BCUT2D eigenvalue weighted by molar-refractivity contribution is 0.0958. The molecule has 0 aliphatic heterocycles. The lowest BCUT2D eigenvalue weighted by Gasteiger charge is -2.05. The molecule has 1 aromatic carbocycles. The molecule has 1 amide bonds. The van der Waals surface area contributed by atoms with E-state index in [-0.39, 0.29) is 14.9 Å². The number of amides is 1. The zero-order valence-corrected chi connectivity index (χ0v) is 19.1. The second kappa shape index (κ2) is 8.50. The molecule has 0 radical (unpaired) electrons. The van der Waals surface area contributed by atoms with Crippen molar-refractivity contribution >= 4 is 54.6 Å². The van der Waals surface area contributed by atoms with Crippen LogP contribution in [0.15, 0.2) is 34.3 Å². The third-order valence-corrected chi connectivity index (χ3v) is 7.67. The molecule has 2 heterocycles. The predicted octanol–water partition coefficient (Wildman–Crippen LogP) is 3.06. The van der Waals surface area contributed by atoms with Crippen molar-refractivity contribution in [2.45, 2.75) is 32.6 Å². The zero-order valence-electron chi connectivity index (χ0n) is 16.7. The summed E-state index contributed by atoms with van der Waals surface area (Å²) in [6.45, 7) is 7.04. The van der Waals surface area contributed by atoms with Crippen LogP contribution < -0.4 is 15.9 Å². The molecular formula is C18H20N6O3S3. The first kappa shape index (κ1) is 21.9. The van der Waals surface area contributed by atoms with Crippen molar-refractivity contribution in [3.8, 4) is 0 Å². The fourth-order valence-corrected chi connectivity index (χ4v) is 5.40. The molecule has 2 aromatic heterocycles. The van der Waals surface area contributed by atoms with Crippen LogP contribution in [0.1, 0.15) is 38.4 Å². The average molecular weight is 465 g/mol. The van der Waals surface area contributed by atoms with Crippen LogP contribution >= 0.6 is 22.7 Å². The van der Waals surface area contributed by atoms with E-state index < -0.39 is 15.9 Å². The minimum atomic E-state index is -3.80. The molecule has 0 bridgehead atoms. The van der Waals surface area contributed by atoms with Gasteiger partial charge in [-0.15, -0.1) is 0 Å². The number of aryl methyl sites for hydroxylation is 3. The predicted molar refractivity (Wildman–Crippen MR) is 120 cm³/mol. The van der Waals surface area contributed by atoms with Crippen LogP contribution in [-0.2, 0) is 10.0 Å². The number of hydrazone groups is 1. The van der Waals surface area contributed by atoms with E-state index in [4.69, 9.17) is 5.73 Å². The Hall–Kier alpha value is -2.83. The Morgan fingerprint density at radius 3 is 2.27 bits per heavy atom. The Morgan fingerprint density at radius 2 is 1.67 bits per heavy atom. The number of nitrogens with zero attached hydrogens (tertiary/aromatic N) is 3. The van der Waals surface area contributed by atoms with Crippen molar-refractivity contribution in [1.82, 2.24) is 15.4 Å². The number of nitrogens with two attached hydrogens (primary N) is 1. The summed E-state index contributed by atoms with van der Waals surface area (Å²) in [7, 11) is -3.80. The Bertz CT molecular complexity index is 1230. The molecule has 12 heteroatoms. The average Bonchev–Trinajstić information content (AvgIpc) is 3.20. The second-order valence-electron chi connectivity index (χ2n) is 6.46. The topological polar surface area (TPSA) is 139 Å². The van der Waals surface area contributed by atoms with Crippen LogP contribution in [0.3, 0.4) is 0 Å². The molecule has 0 saturated carbocycles. The van der Waals surface area contributed by atoms with E-state index in [1.165, 1.54) is 23.5 Å². The van der Waals surface area contributed by atoms with Crippen molar-refractivity contribution in [3.05, 3.63) is 51.0 Å². The van der Waals surface area contributed by atoms with Gasteiger partial charge in [0, 0.05) is 0 Å². The summed E-state index contributed by atoms with van der Waals surface area (Å²) in [6, 6.07) is 6.44. The molecule has 0 unspecified atom stereocenters. The van der Waals surface area contributed by atoms with Gasteiger partial charge in [-0.3, -0.25) is 9.52 Å². The van der Waals surface area contributed by atoms with E-state index in [2.05, 4.69) is 25.2 Å². The number of carbonyl (C=O) groups is 1. The maximum atomic E-state index is 12.5. The Balaban J connectivity index is 1.75. The number of thiazole rings is 2. The van der Waals surface area contributed by atoms with Crippen LogP contribution in [0, 0.1) is 20.8 Å². The quantitative estimate of drug-likeness (QED) is 0.378. The van der Waals surface area contributed by atoms with Crippen LogP contribution in [0.5, 0.6) is 0 Å². The Kier molecular flexibility index (Phi) is 6.19. The molecule has 4 N–H and O–H groups in total. The van der Waals surface area contributed by atoms with Gasteiger partial charge in [0.15, 0.2) is 10.3 Å². The first-order valence-electron chi connectivity index (χ1n) is 8.71. The number of sulfonamides is 1. The first-order valence-corrected chi connectivity index (χ1v) is 11.8. The largest absolute Gasteiger partial charge is 0.375 e. The highest BCUT2D eigenvalue weighted by molar-refractivity contribution is 7.93. The molecule has 3 rings (SSSR count). The van der Waals surface area contributed by atoms with Gasteiger partial charge in [0.2, 0.25) is 0 Å². The highest BCUT2D eigenvalue weighted by Crippen LogP contribution is 2.25. The summed E-state index contributed by atoms with van der Waals surface area (Å²) in [5.41, 5.74) is 10.8. The van der Waals surface area contributed by atoms with E-state index in [0.717, 1.165) is 27.5 Å². The molecule has 0 spiro atoms. The number of rotatable bonds is 6. The van der Waals surface area contributed by atoms with Gasteiger partial charge in [0.25, 0.3) is 15.9 Å². The standard InChI is InChI=1S/C18H20N6O3S3/c1-9-5-7-13(8-6-9)30(26,27)24-18-21-11(3)15(29-18)16(25)23-22-12(4)14-10(2)20-17(19)28-14/h5-8H,1-4H3,(H2,19,20)(H,21,24)(H,23,25)/b22-12+. The molecule has 0 aliphatic rings. The molecule has 3 aromatic rings. The monoisotopic (exact) mass is 464 g/mol. The van der Waals surface area contributed by atoms with Gasteiger partial charge >= 0.3 is 0 Å². The number of carbonyl (C=O) groups excluding carboxylic acids is 1. The summed E-state index contributed by atoms with van der Waals surface area (Å²) in [5, 5.41) is 4.62. The van der Waals surface area contributed by atoms with Gasteiger partial charge < -0.3 is 5.73 Å². The van der Waals surface area contributed by atoms with E-state index in [1.54, 1.807) is 26.0 Å². The van der Waals surface area contributed by atoms with Gasteiger partial charge in [0.1, 0.15) is 4.88 Å². The summed E-state index contributed by atoms with van der Waals surface area (Å²) in [4.78, 5) is 22.0. The fraction of sp³-hybridized carbons (Fsp3) is 0.222. The minimum Gasteiger partial charge on any atom is -0.375 e. The van der Waals surface area contributed by atoms with Crippen molar-refractivity contribution in [3.63, 3.8) is 0 Å². The summed E-state index contributed by atoms with van der Waals surface area (Å²) < 4.78 is 27.5. The lowest BCUT2D eigenvalue weighted by Crippen LogP contribution is -2.19. The number of hydrogen-bond donors (Lipinski definition) is 3. The Morgan fingerprint density at radius 1 is 1.03 bits per heavy atom. The van der Waals surface area contributed by atoms with Gasteiger partial charge in [-0.25, -0.2) is 23.8 Å². The van der Waals surface area contributed by atoms with Gasteiger partial charge in [-0.05, 0) is 39.8 Å². The lowest BCUT2D eigenvalue weighted by atomic mass is 10.2. The molecule has 0 atom stereocenters. The summed E-state index contributed by atoms with van der Waals surface area (Å²) in [5.74, 6) is -0.486. The van der Waals surface area contributed by atoms with Crippen LogP contribution in [0.25, 0.3) is 0 Å². The number of nitrogen functional groups attached to an aromatic ring is 1. The third-order valence-electron chi connectivity index (χ3n) is 4.02. The maximum absolute atomic E-state index is 12.5. The summed E-state index contributed by atoms with van der Waals surface area (Å²) >= 11 is 2.22. The molecule has 158 valence electrons. The zero-order chi connectivity index (χ0) is 22.1. The SMILES string of the molecule is C/C(=N\NC(=O)c1sc(NS(=O)(=O)c2ccc(C)cc2)nc1C)c1sc(N)nc1C. The van der Waals surface area contributed by atoms with Crippen molar-refractivity contribution in [2.75, 3.05) is 10.5 Å². The smallest absolute Gasteiger partial charge is 0.283 e. The van der Waals surface area contributed by atoms with Crippen molar-refractivity contribution in [1.29, 1.82) is 0 Å². The fourth-order valence-electron chi connectivity index (χ4n) is 2.53. The third kappa shape index (κ3) is 4.83. The molecule has 30 heavy (non-hydrogen) atoms. The van der Waals surface area contributed by atoms with Crippen molar-refractivity contribution in [2.24, 2.45) is 5.10 Å². The number of nitrogens with one attached hydrogen (secondary N) is 2. The molecule has 0 aliphatic carbocycles. The second-order valence-corrected chi connectivity index (χ2v) is 10.2. The normalized spacial score (nSPS) is 12.1. The number of hydrogen-bond acceptors (Lipinski definition) is 9. The molecule has 0 saturated heterocycles. The molecule has 0 fully saturated rings. The highest BCUT2D eigenvalue weighted by Gasteiger charge is 2.20. The van der Waals surface area contributed by atoms with Gasteiger partial charge in [-0.2, -0.15) is 5.10 Å². The molecule has 9 nitrogen and oxygen atoms in total. The van der Waals surface area contributed by atoms with E-state index in [0.29, 0.717) is 16.5 Å². The van der Waals surface area contributed by atoms with E-state index in [1.807, 2.05) is 13.8 Å². The number of anilines is 2. The minimum absolute atomic E-state index is 0.102. The van der Waals surface area contributed by atoms with Gasteiger partial charge in [-0.1, -0.05) is 40.4 Å². The number of benzene rings is 1. The number of aromatic nitrogens is 2. The highest BCUT2D eigenvalue weighted by atomic mass is 32.2. The van der Waals surface area contributed by atoms with Crippen LogP contribution in [0.4, 0.5) is 10.3 Å². The maximum Gasteiger partial charge on any atom is 0.283 e. The van der Waals surface area contributed by atoms with Crippen LogP contribution in [0.2, 0.25) is 0 Å². The van der Waals surface area contributed by atoms with Crippen LogP contribution in [-0.4, -0.2) is 30.0 Å². The first-order chi connectivity index (χ1) is 14.1. The molecular weight excluding hydrogens is 444 g/mol. The summed E-state index contributed by atoms with van der Waals surface area (Å²) in [6.07, 6.45) is 0. The van der Waals surface area contributed by atoms with E-state index >= 15 is 0 Å². The Labute approximate surface area is 182 Å². The van der Waals surface area contributed by atoms with Crippen molar-refractivity contribution < 1.29 is 13.2 Å².